The summed E-state index contributed by atoms with van der Waals surface area (Å²) in [5, 5.41) is 4.75. The average molecular weight is 442 g/mol. The van der Waals surface area contributed by atoms with Gasteiger partial charge in [-0.05, 0) is 42.3 Å². The van der Waals surface area contributed by atoms with Crippen LogP contribution in [0.3, 0.4) is 0 Å². The molecule has 0 saturated carbocycles. The zero-order valence-electron chi connectivity index (χ0n) is 15.6. The molecule has 1 amide bonds. The van der Waals surface area contributed by atoms with Crippen molar-refractivity contribution in [3.8, 4) is 0 Å². The van der Waals surface area contributed by atoms with Crippen molar-refractivity contribution in [2.45, 2.75) is 32.0 Å². The van der Waals surface area contributed by atoms with Crippen LogP contribution in [0.25, 0.3) is 0 Å². The summed E-state index contributed by atoms with van der Waals surface area (Å²) in [5.41, 5.74) is 2.04. The number of rotatable bonds is 6. The highest BCUT2D eigenvalue weighted by Crippen LogP contribution is 2.24. The van der Waals surface area contributed by atoms with Gasteiger partial charge < -0.3 is 10.1 Å². The van der Waals surface area contributed by atoms with Gasteiger partial charge in [0.25, 0.3) is 0 Å². The molecule has 0 radical (unpaired) electrons. The number of hydrogen-bond acceptors (Lipinski definition) is 3. The first-order valence-corrected chi connectivity index (χ1v) is 10.3. The second-order valence-corrected chi connectivity index (χ2v) is 8.34. The molecule has 0 bridgehead atoms. The van der Waals surface area contributed by atoms with Crippen LogP contribution in [0.2, 0.25) is 15.1 Å². The summed E-state index contributed by atoms with van der Waals surface area (Å²) < 4.78 is 5.90. The van der Waals surface area contributed by atoms with Gasteiger partial charge in [-0.15, -0.1) is 0 Å². The quantitative estimate of drug-likeness (QED) is 0.712. The first-order chi connectivity index (χ1) is 13.4. The second-order valence-electron chi connectivity index (χ2n) is 7.09. The van der Waals surface area contributed by atoms with E-state index in [0.717, 1.165) is 24.2 Å². The number of ether oxygens (including phenoxy) is 1. The highest BCUT2D eigenvalue weighted by molar-refractivity contribution is 6.42. The van der Waals surface area contributed by atoms with E-state index in [1.165, 1.54) is 0 Å². The fourth-order valence-electron chi connectivity index (χ4n) is 3.17. The molecule has 1 N–H and O–H groups in total. The molecular formula is C21H23Cl3N2O2. The molecule has 0 aliphatic carbocycles. The van der Waals surface area contributed by atoms with E-state index >= 15 is 0 Å². The van der Waals surface area contributed by atoms with Crippen LogP contribution < -0.4 is 5.32 Å². The zero-order valence-corrected chi connectivity index (χ0v) is 17.9. The number of amides is 1. The molecule has 2 atom stereocenters. The Morgan fingerprint density at radius 1 is 1.11 bits per heavy atom. The minimum absolute atomic E-state index is 0.0272. The maximum atomic E-state index is 12.2. The van der Waals surface area contributed by atoms with Crippen molar-refractivity contribution in [2.75, 3.05) is 19.7 Å². The maximum absolute atomic E-state index is 12.2. The van der Waals surface area contributed by atoms with E-state index in [0.29, 0.717) is 34.6 Å². The van der Waals surface area contributed by atoms with Crippen LogP contribution in [0.5, 0.6) is 0 Å². The number of nitrogens with one attached hydrogen (secondary N) is 1. The van der Waals surface area contributed by atoms with Crippen molar-refractivity contribution in [3.05, 3.63) is 68.7 Å². The normalized spacial score (nSPS) is 20.1. The molecule has 4 nitrogen and oxygen atoms in total. The largest absolute Gasteiger partial charge is 0.373 e. The number of morpholine rings is 1. The molecule has 1 saturated heterocycles. The minimum atomic E-state index is -0.0480. The van der Waals surface area contributed by atoms with Crippen molar-refractivity contribution in [3.63, 3.8) is 0 Å². The van der Waals surface area contributed by atoms with Crippen molar-refractivity contribution in [1.82, 2.24) is 10.2 Å². The van der Waals surface area contributed by atoms with Gasteiger partial charge in [0.15, 0.2) is 0 Å². The third kappa shape index (κ3) is 6.10. The number of hydrogen-bond donors (Lipinski definition) is 1. The van der Waals surface area contributed by atoms with Gasteiger partial charge in [-0.2, -0.15) is 0 Å². The number of benzene rings is 2. The molecule has 3 rings (SSSR count). The molecule has 7 heteroatoms. The van der Waals surface area contributed by atoms with Crippen LogP contribution in [-0.2, 0) is 22.5 Å². The first-order valence-electron chi connectivity index (χ1n) is 9.21. The Hall–Kier alpha value is -1.30. The van der Waals surface area contributed by atoms with Crippen molar-refractivity contribution in [1.29, 1.82) is 0 Å². The van der Waals surface area contributed by atoms with E-state index in [-0.39, 0.29) is 18.1 Å². The SMILES string of the molecule is C[C@H]1CO[C@@H](CNC(=O)Cc2ccc(Cl)cc2)CN1Cc1ccc(Cl)c(Cl)c1. The lowest BCUT2D eigenvalue weighted by atomic mass is 10.1. The molecule has 0 unspecified atom stereocenters. The molecule has 1 aliphatic heterocycles. The Bertz CT molecular complexity index is 814. The minimum Gasteiger partial charge on any atom is -0.373 e. The standard InChI is InChI=1S/C21H23Cl3N2O2/c1-14-13-28-18(10-25-21(27)9-15-2-5-17(22)6-3-15)12-26(14)11-16-4-7-19(23)20(24)8-16/h2-8,14,18H,9-13H2,1H3,(H,25,27)/t14-,18-/m0/s1. The summed E-state index contributed by atoms with van der Waals surface area (Å²) in [6.45, 7) is 4.74. The van der Waals surface area contributed by atoms with E-state index in [9.17, 15) is 4.79 Å². The molecule has 0 aromatic heterocycles. The number of halogens is 3. The molecule has 1 fully saturated rings. The third-order valence-electron chi connectivity index (χ3n) is 4.81. The highest BCUT2D eigenvalue weighted by Gasteiger charge is 2.26. The Balaban J connectivity index is 1.50. The fraction of sp³-hybridized carbons (Fsp3) is 0.381. The van der Waals surface area contributed by atoms with Gasteiger partial charge in [-0.25, -0.2) is 0 Å². The maximum Gasteiger partial charge on any atom is 0.224 e. The van der Waals surface area contributed by atoms with Crippen molar-refractivity contribution < 1.29 is 9.53 Å². The van der Waals surface area contributed by atoms with Gasteiger partial charge in [0, 0.05) is 30.7 Å². The van der Waals surface area contributed by atoms with Gasteiger partial charge in [-0.3, -0.25) is 9.69 Å². The lowest BCUT2D eigenvalue weighted by Crippen LogP contribution is -2.51. The topological polar surface area (TPSA) is 41.6 Å². The van der Waals surface area contributed by atoms with E-state index < -0.39 is 0 Å². The lowest BCUT2D eigenvalue weighted by molar-refractivity contribution is -0.122. The second kappa shape index (κ2) is 9.95. The highest BCUT2D eigenvalue weighted by atomic mass is 35.5. The molecule has 150 valence electrons. The van der Waals surface area contributed by atoms with Crippen LogP contribution in [0.4, 0.5) is 0 Å². The molecule has 1 heterocycles. The van der Waals surface area contributed by atoms with E-state index in [4.69, 9.17) is 39.5 Å². The van der Waals surface area contributed by atoms with Crippen LogP contribution in [0.15, 0.2) is 42.5 Å². The first kappa shape index (κ1) is 21.4. The zero-order chi connectivity index (χ0) is 20.1. The number of nitrogens with zero attached hydrogens (tertiary/aromatic N) is 1. The van der Waals surface area contributed by atoms with E-state index in [1.807, 2.05) is 30.3 Å². The fourth-order valence-corrected chi connectivity index (χ4v) is 3.62. The summed E-state index contributed by atoms with van der Waals surface area (Å²) in [6.07, 6.45) is 0.279. The summed E-state index contributed by atoms with van der Waals surface area (Å²) in [6, 6.07) is 13.3. The summed E-state index contributed by atoms with van der Waals surface area (Å²) >= 11 is 18.0. The molecular weight excluding hydrogens is 419 g/mol. The van der Waals surface area contributed by atoms with Crippen molar-refractivity contribution >= 4 is 40.7 Å². The van der Waals surface area contributed by atoms with E-state index in [2.05, 4.69) is 17.1 Å². The Kier molecular flexibility index (Phi) is 7.61. The Morgan fingerprint density at radius 2 is 1.82 bits per heavy atom. The van der Waals surface area contributed by atoms with Gasteiger partial charge in [0.2, 0.25) is 5.91 Å². The van der Waals surface area contributed by atoms with Crippen LogP contribution in [-0.4, -0.2) is 42.6 Å². The molecule has 1 aliphatic rings. The van der Waals surface area contributed by atoms with Gasteiger partial charge in [0.05, 0.1) is 29.2 Å². The Labute approximate surface area is 180 Å². The summed E-state index contributed by atoms with van der Waals surface area (Å²) in [5.74, 6) is -0.0272. The van der Waals surface area contributed by atoms with Gasteiger partial charge >= 0.3 is 0 Å². The van der Waals surface area contributed by atoms with Crippen molar-refractivity contribution in [2.24, 2.45) is 0 Å². The summed E-state index contributed by atoms with van der Waals surface area (Å²) in [7, 11) is 0. The Morgan fingerprint density at radius 3 is 2.54 bits per heavy atom. The predicted molar refractivity (Wildman–Crippen MR) is 114 cm³/mol. The van der Waals surface area contributed by atoms with Crippen LogP contribution in [0, 0.1) is 0 Å². The van der Waals surface area contributed by atoms with Crippen LogP contribution >= 0.6 is 34.8 Å². The summed E-state index contributed by atoms with van der Waals surface area (Å²) in [4.78, 5) is 14.5. The molecule has 28 heavy (non-hydrogen) atoms. The average Bonchev–Trinajstić information content (AvgIpc) is 2.67. The third-order valence-corrected chi connectivity index (χ3v) is 5.80. The molecule has 2 aromatic rings. The number of carbonyl (C=O) groups excluding carboxylic acids is 1. The number of carbonyl (C=O) groups is 1. The lowest BCUT2D eigenvalue weighted by Gasteiger charge is -2.38. The van der Waals surface area contributed by atoms with Gasteiger partial charge in [-0.1, -0.05) is 53.0 Å². The molecule has 0 spiro atoms. The van der Waals surface area contributed by atoms with Crippen LogP contribution in [0.1, 0.15) is 18.1 Å². The monoisotopic (exact) mass is 440 g/mol. The van der Waals surface area contributed by atoms with Gasteiger partial charge in [0.1, 0.15) is 0 Å². The van der Waals surface area contributed by atoms with E-state index in [1.54, 1.807) is 12.1 Å². The predicted octanol–water partition coefficient (Wildman–Crippen LogP) is 4.60. The smallest absolute Gasteiger partial charge is 0.224 e. The molecule has 2 aromatic carbocycles.